The van der Waals surface area contributed by atoms with Crippen LogP contribution in [0.25, 0.3) is 0 Å². The van der Waals surface area contributed by atoms with Crippen LogP contribution in [0.5, 0.6) is 5.75 Å². The van der Waals surface area contributed by atoms with Gasteiger partial charge in [-0.1, -0.05) is 36.2 Å². The van der Waals surface area contributed by atoms with Crippen LogP contribution >= 0.6 is 50.5 Å². The Morgan fingerprint density at radius 1 is 1.35 bits per heavy atom. The average molecular weight is 396 g/mol. The Hall–Kier alpha value is -0.260. The van der Waals surface area contributed by atoms with Crippen molar-refractivity contribution in [1.29, 1.82) is 0 Å². The minimum absolute atomic E-state index is 0.505. The lowest BCUT2D eigenvalue weighted by molar-refractivity contribution is 0.220. The summed E-state index contributed by atoms with van der Waals surface area (Å²) in [6.45, 7) is 2.71. The van der Waals surface area contributed by atoms with Gasteiger partial charge in [-0.25, -0.2) is 0 Å². The van der Waals surface area contributed by atoms with Gasteiger partial charge < -0.3 is 9.84 Å². The van der Waals surface area contributed by atoms with Crippen molar-refractivity contribution in [2.75, 3.05) is 6.61 Å². The van der Waals surface area contributed by atoms with Crippen LogP contribution in [0.15, 0.2) is 28.7 Å². The van der Waals surface area contributed by atoms with Crippen molar-refractivity contribution in [3.8, 4) is 5.75 Å². The summed E-state index contributed by atoms with van der Waals surface area (Å²) < 4.78 is 7.45. The van der Waals surface area contributed by atoms with Crippen LogP contribution in [0.1, 0.15) is 30.6 Å². The fourth-order valence-corrected chi connectivity index (χ4v) is 3.77. The van der Waals surface area contributed by atoms with Crippen LogP contribution in [-0.4, -0.2) is 11.7 Å². The molecule has 2 nitrogen and oxygen atoms in total. The molecule has 0 fully saturated rings. The van der Waals surface area contributed by atoms with Gasteiger partial charge in [0, 0.05) is 5.56 Å². The summed E-state index contributed by atoms with van der Waals surface area (Å²) in [6.07, 6.45) is 0.141. The van der Waals surface area contributed by atoms with Crippen molar-refractivity contribution < 1.29 is 9.84 Å². The molecule has 1 atom stereocenters. The average Bonchev–Trinajstić information content (AvgIpc) is 2.75. The third-order valence-corrected chi connectivity index (χ3v) is 4.85. The lowest BCUT2D eigenvalue weighted by atomic mass is 10.0. The van der Waals surface area contributed by atoms with Gasteiger partial charge in [0.15, 0.2) is 0 Å². The zero-order valence-electron chi connectivity index (χ0n) is 10.7. The summed E-state index contributed by atoms with van der Waals surface area (Å²) >= 11 is 16.7. The van der Waals surface area contributed by atoms with Crippen LogP contribution < -0.4 is 4.74 Å². The first kappa shape index (κ1) is 16.1. The molecule has 1 aromatic carbocycles. The molecule has 0 radical (unpaired) electrons. The highest BCUT2D eigenvalue weighted by molar-refractivity contribution is 9.10. The number of halogens is 3. The highest BCUT2D eigenvalue weighted by Gasteiger charge is 2.18. The summed E-state index contributed by atoms with van der Waals surface area (Å²) in [5, 5.41) is 10.4. The van der Waals surface area contributed by atoms with E-state index in [1.165, 1.54) is 11.3 Å². The summed E-state index contributed by atoms with van der Waals surface area (Å²) in [5.74, 6) is 0.761. The fourth-order valence-electron chi connectivity index (χ4n) is 1.74. The van der Waals surface area contributed by atoms with Gasteiger partial charge in [0.05, 0.1) is 15.4 Å². The van der Waals surface area contributed by atoms with E-state index in [0.717, 1.165) is 22.2 Å². The number of ether oxygens (including phenoxy) is 1. The first-order valence-electron chi connectivity index (χ1n) is 6.08. The smallest absolute Gasteiger partial charge is 0.133 e. The summed E-state index contributed by atoms with van der Waals surface area (Å²) in [6, 6.07) is 7.18. The zero-order chi connectivity index (χ0) is 14.7. The second-order valence-electron chi connectivity index (χ2n) is 4.22. The number of aliphatic hydroxyl groups excluding tert-OH is 1. The summed E-state index contributed by atoms with van der Waals surface area (Å²) in [7, 11) is 0. The van der Waals surface area contributed by atoms with Crippen molar-refractivity contribution >= 4 is 50.5 Å². The monoisotopic (exact) mass is 394 g/mol. The van der Waals surface area contributed by atoms with Gasteiger partial charge in [-0.05, 0) is 46.1 Å². The predicted molar refractivity (Wildman–Crippen MR) is 88.3 cm³/mol. The molecule has 0 amide bonds. The van der Waals surface area contributed by atoms with Gasteiger partial charge in [0.25, 0.3) is 0 Å². The Morgan fingerprint density at radius 3 is 2.65 bits per heavy atom. The number of thiophene rings is 1. The lowest BCUT2D eigenvalue weighted by Gasteiger charge is -2.13. The van der Waals surface area contributed by atoms with E-state index in [0.29, 0.717) is 20.8 Å². The second kappa shape index (κ2) is 7.14. The minimum Gasteiger partial charge on any atom is -0.492 e. The summed E-state index contributed by atoms with van der Waals surface area (Å²) in [5.41, 5.74) is 1.35. The Morgan fingerprint density at radius 2 is 2.10 bits per heavy atom. The number of benzene rings is 1. The first-order valence-corrected chi connectivity index (χ1v) is 8.44. The standard InChI is InChI=1S/C14H13BrCl2O2S/c1-2-5-19-11-4-3-8(6-10(11)15)13(18)9-7-12(16)20-14(9)17/h3-4,6-7,13,18H,2,5H2,1H3. The largest absolute Gasteiger partial charge is 0.492 e. The minimum atomic E-state index is -0.803. The van der Waals surface area contributed by atoms with Crippen LogP contribution in [0, 0.1) is 0 Å². The molecule has 2 aromatic rings. The van der Waals surface area contributed by atoms with Crippen molar-refractivity contribution in [3.63, 3.8) is 0 Å². The molecule has 0 saturated heterocycles. The molecule has 1 unspecified atom stereocenters. The maximum atomic E-state index is 10.4. The van der Waals surface area contributed by atoms with Crippen LogP contribution in [-0.2, 0) is 0 Å². The quantitative estimate of drug-likeness (QED) is 0.704. The molecule has 0 aliphatic carbocycles. The molecule has 1 aromatic heterocycles. The SMILES string of the molecule is CCCOc1ccc(C(O)c2cc(Cl)sc2Cl)cc1Br. The molecular formula is C14H13BrCl2O2S. The molecular weight excluding hydrogens is 383 g/mol. The van der Waals surface area contributed by atoms with E-state index >= 15 is 0 Å². The van der Waals surface area contributed by atoms with Crippen LogP contribution in [0.4, 0.5) is 0 Å². The highest BCUT2D eigenvalue weighted by Crippen LogP contribution is 2.38. The van der Waals surface area contributed by atoms with Crippen LogP contribution in [0.3, 0.4) is 0 Å². The number of rotatable bonds is 5. The van der Waals surface area contributed by atoms with E-state index in [1.54, 1.807) is 6.07 Å². The maximum absolute atomic E-state index is 10.4. The highest BCUT2D eigenvalue weighted by atomic mass is 79.9. The van der Waals surface area contributed by atoms with Crippen molar-refractivity contribution in [2.45, 2.75) is 19.4 Å². The Kier molecular flexibility index (Phi) is 5.75. The van der Waals surface area contributed by atoms with Gasteiger partial charge in [0.2, 0.25) is 0 Å². The topological polar surface area (TPSA) is 29.5 Å². The first-order chi connectivity index (χ1) is 9.52. The van der Waals surface area contributed by atoms with E-state index in [4.69, 9.17) is 27.9 Å². The van der Waals surface area contributed by atoms with Crippen molar-refractivity contribution in [3.05, 3.63) is 48.5 Å². The van der Waals surface area contributed by atoms with E-state index < -0.39 is 6.10 Å². The normalized spacial score (nSPS) is 12.4. The molecule has 1 heterocycles. The second-order valence-corrected chi connectivity index (χ2v) is 7.36. The van der Waals surface area contributed by atoms with Crippen molar-refractivity contribution in [1.82, 2.24) is 0 Å². The molecule has 20 heavy (non-hydrogen) atoms. The third-order valence-electron chi connectivity index (χ3n) is 2.71. The van der Waals surface area contributed by atoms with Gasteiger partial charge in [-0.15, -0.1) is 11.3 Å². The fraction of sp³-hybridized carbons (Fsp3) is 0.286. The Bertz CT molecular complexity index is 601. The van der Waals surface area contributed by atoms with Crippen LogP contribution in [0.2, 0.25) is 8.67 Å². The molecule has 2 rings (SSSR count). The molecule has 1 N–H and O–H groups in total. The van der Waals surface area contributed by atoms with E-state index in [-0.39, 0.29) is 0 Å². The molecule has 0 saturated carbocycles. The predicted octanol–water partition coefficient (Wildman–Crippen LogP) is 5.69. The lowest BCUT2D eigenvalue weighted by Crippen LogP contribution is -2.00. The van der Waals surface area contributed by atoms with Gasteiger partial charge in [-0.3, -0.25) is 0 Å². The maximum Gasteiger partial charge on any atom is 0.133 e. The number of aliphatic hydroxyl groups is 1. The molecule has 0 bridgehead atoms. The zero-order valence-corrected chi connectivity index (χ0v) is 14.6. The number of hydrogen-bond donors (Lipinski definition) is 1. The molecule has 108 valence electrons. The van der Waals surface area contributed by atoms with Gasteiger partial charge in [-0.2, -0.15) is 0 Å². The molecule has 0 aliphatic rings. The Balaban J connectivity index is 2.25. The van der Waals surface area contributed by atoms with Gasteiger partial charge >= 0.3 is 0 Å². The van der Waals surface area contributed by atoms with E-state index in [1.807, 2.05) is 25.1 Å². The number of hydrogen-bond acceptors (Lipinski definition) is 3. The molecule has 0 aliphatic heterocycles. The van der Waals surface area contributed by atoms with E-state index in [2.05, 4.69) is 15.9 Å². The molecule has 0 spiro atoms. The Labute approximate surface area is 140 Å². The van der Waals surface area contributed by atoms with Crippen molar-refractivity contribution in [2.24, 2.45) is 0 Å². The van der Waals surface area contributed by atoms with Gasteiger partial charge in [0.1, 0.15) is 16.2 Å². The third kappa shape index (κ3) is 3.68. The molecule has 6 heteroatoms. The summed E-state index contributed by atoms with van der Waals surface area (Å²) in [4.78, 5) is 0. The van der Waals surface area contributed by atoms with E-state index in [9.17, 15) is 5.11 Å².